The predicted molar refractivity (Wildman–Crippen MR) is 179 cm³/mol. The molecule has 3 atom stereocenters. The summed E-state index contributed by atoms with van der Waals surface area (Å²) in [5.41, 5.74) is 4.81. The van der Waals surface area contributed by atoms with Gasteiger partial charge in [-0.15, -0.1) is 0 Å². The van der Waals surface area contributed by atoms with Crippen LogP contribution in [0.25, 0.3) is 0 Å². The minimum atomic E-state index is -0.956. The van der Waals surface area contributed by atoms with Gasteiger partial charge < -0.3 is 4.74 Å². The molecule has 2 heterocycles. The lowest BCUT2D eigenvalue weighted by Crippen LogP contribution is -2.45. The largest absolute Gasteiger partial charge is 0.489 e. The standard InChI is InChI=1S/C38H31ClFN3O6/c39-36-33(21-41-43(38(36)46)32-18-19-34(44)42-37(32)45)49-48-28-13-8-25(9-14-28)35-30(24-6-11-27(40)12-7-24)16-10-26-20-29(15-17-31(26)35)47-22-23-4-2-1-3-5-23/h1-9,11-15,17,20-21,30,32,35H,10,16,18-19,22H2,(H,42,44,45). The van der Waals surface area contributed by atoms with E-state index < -0.39 is 23.4 Å². The van der Waals surface area contributed by atoms with Gasteiger partial charge in [0.05, 0.1) is 6.20 Å². The molecule has 1 N–H and O–H groups in total. The maximum absolute atomic E-state index is 13.9. The van der Waals surface area contributed by atoms with Gasteiger partial charge in [-0.05, 0) is 89.4 Å². The Morgan fingerprint density at radius 2 is 1.57 bits per heavy atom. The van der Waals surface area contributed by atoms with Gasteiger partial charge in [0.15, 0.2) is 10.8 Å². The van der Waals surface area contributed by atoms with Crippen molar-refractivity contribution in [3.05, 3.63) is 152 Å². The quantitative estimate of drug-likeness (QED) is 0.103. The number of hydrogen-bond donors (Lipinski definition) is 1. The number of benzene rings is 4. The van der Waals surface area contributed by atoms with Crippen LogP contribution in [0.2, 0.25) is 5.02 Å². The van der Waals surface area contributed by atoms with Crippen LogP contribution in [0.5, 0.6) is 17.2 Å². The number of ether oxygens (including phenoxy) is 1. The van der Waals surface area contributed by atoms with E-state index >= 15 is 0 Å². The normalized spacial score (nSPS) is 18.7. The van der Waals surface area contributed by atoms with Crippen molar-refractivity contribution < 1.29 is 28.5 Å². The first kappa shape index (κ1) is 32.1. The average molecular weight is 680 g/mol. The summed E-state index contributed by atoms with van der Waals surface area (Å²) in [7, 11) is 0. The molecule has 0 radical (unpaired) electrons. The van der Waals surface area contributed by atoms with Crippen molar-refractivity contribution in [3.8, 4) is 17.2 Å². The SMILES string of the molecule is O=C1CCC(n2ncc(OOc3ccc(C4c5ccc(OCc6ccccc6)cc5CCC4c4ccc(F)cc4)cc3)c(Cl)c2=O)C(=O)N1. The first-order valence-electron chi connectivity index (χ1n) is 15.9. The van der Waals surface area contributed by atoms with E-state index in [1.165, 1.54) is 29.5 Å². The summed E-state index contributed by atoms with van der Waals surface area (Å²) in [5, 5.41) is 5.92. The summed E-state index contributed by atoms with van der Waals surface area (Å²) < 4.78 is 20.9. The van der Waals surface area contributed by atoms with Gasteiger partial charge in [0.2, 0.25) is 11.7 Å². The van der Waals surface area contributed by atoms with Crippen molar-refractivity contribution in [1.82, 2.24) is 15.1 Å². The molecule has 1 aliphatic heterocycles. The molecule has 1 aromatic heterocycles. The third-order valence-corrected chi connectivity index (χ3v) is 9.35. The Labute approximate surface area is 286 Å². The fraction of sp³-hybridized carbons (Fsp3) is 0.211. The molecule has 3 unspecified atom stereocenters. The molecular weight excluding hydrogens is 649 g/mol. The minimum Gasteiger partial charge on any atom is -0.489 e. The second kappa shape index (κ2) is 13.9. The molecule has 1 aliphatic carbocycles. The summed E-state index contributed by atoms with van der Waals surface area (Å²) in [4.78, 5) is 47.5. The molecule has 0 spiro atoms. The number of nitrogens with one attached hydrogen (secondary N) is 1. The molecule has 5 aromatic rings. The lowest BCUT2D eigenvalue weighted by atomic mass is 9.69. The smallest absolute Gasteiger partial charge is 0.290 e. The van der Waals surface area contributed by atoms with Crippen LogP contribution in [0.4, 0.5) is 4.39 Å². The Morgan fingerprint density at radius 3 is 2.33 bits per heavy atom. The monoisotopic (exact) mass is 679 g/mol. The van der Waals surface area contributed by atoms with E-state index in [9.17, 15) is 18.8 Å². The van der Waals surface area contributed by atoms with Gasteiger partial charge in [0.25, 0.3) is 11.5 Å². The summed E-state index contributed by atoms with van der Waals surface area (Å²) in [6.45, 7) is 0.477. The lowest BCUT2D eigenvalue weighted by Gasteiger charge is -2.35. The second-order valence-electron chi connectivity index (χ2n) is 12.1. The van der Waals surface area contributed by atoms with Gasteiger partial charge in [-0.3, -0.25) is 29.5 Å². The Kier molecular flexibility index (Phi) is 9.13. The van der Waals surface area contributed by atoms with Crippen LogP contribution in [-0.2, 0) is 22.6 Å². The number of carbonyl (C=O) groups is 2. The van der Waals surface area contributed by atoms with E-state index in [1.807, 2.05) is 60.7 Å². The van der Waals surface area contributed by atoms with Crippen molar-refractivity contribution in [2.24, 2.45) is 0 Å². The molecule has 2 aliphatic rings. The van der Waals surface area contributed by atoms with Crippen LogP contribution in [-0.4, -0.2) is 21.6 Å². The number of imide groups is 1. The molecule has 7 rings (SSSR count). The summed E-state index contributed by atoms with van der Waals surface area (Å²) in [6, 6.07) is 29.4. The minimum absolute atomic E-state index is 0.0223. The average Bonchev–Trinajstić information content (AvgIpc) is 3.12. The van der Waals surface area contributed by atoms with Gasteiger partial charge >= 0.3 is 0 Å². The van der Waals surface area contributed by atoms with E-state index in [4.69, 9.17) is 26.1 Å². The molecular formula is C38H31ClFN3O6. The van der Waals surface area contributed by atoms with Crippen LogP contribution in [0.3, 0.4) is 0 Å². The number of piperidine rings is 1. The maximum Gasteiger partial charge on any atom is 0.290 e. The molecule has 49 heavy (non-hydrogen) atoms. The number of aromatic nitrogens is 2. The number of rotatable bonds is 9. The van der Waals surface area contributed by atoms with Crippen LogP contribution in [0.1, 0.15) is 65.0 Å². The predicted octanol–water partition coefficient (Wildman–Crippen LogP) is 6.83. The fourth-order valence-corrected chi connectivity index (χ4v) is 6.72. The van der Waals surface area contributed by atoms with Crippen LogP contribution >= 0.6 is 11.6 Å². The zero-order valence-corrected chi connectivity index (χ0v) is 26.9. The van der Waals surface area contributed by atoms with Gasteiger partial charge in [-0.25, -0.2) is 9.07 Å². The number of fused-ring (bicyclic) bond motifs is 1. The summed E-state index contributed by atoms with van der Waals surface area (Å²) in [5.74, 6) is -0.181. The maximum atomic E-state index is 13.9. The number of halogens is 2. The molecule has 4 aromatic carbocycles. The molecule has 1 fully saturated rings. The zero-order chi connectivity index (χ0) is 33.9. The van der Waals surface area contributed by atoms with Crippen LogP contribution < -0.4 is 25.4 Å². The molecule has 1 saturated heterocycles. The van der Waals surface area contributed by atoms with Crippen LogP contribution in [0, 0.1) is 5.82 Å². The fourth-order valence-electron chi connectivity index (χ4n) is 6.56. The zero-order valence-electron chi connectivity index (χ0n) is 26.2. The van der Waals surface area contributed by atoms with Gasteiger partial charge in [-0.2, -0.15) is 5.10 Å². The Bertz CT molecular complexity index is 2050. The van der Waals surface area contributed by atoms with Crippen molar-refractivity contribution >= 4 is 23.4 Å². The highest BCUT2D eigenvalue weighted by atomic mass is 35.5. The number of nitrogens with zero attached hydrogens (tertiary/aromatic N) is 2. The molecule has 248 valence electrons. The Balaban J connectivity index is 1.10. The molecule has 2 amide bonds. The number of aryl methyl sites for hydroxylation is 1. The van der Waals surface area contributed by atoms with E-state index in [-0.39, 0.29) is 41.3 Å². The van der Waals surface area contributed by atoms with Crippen molar-refractivity contribution in [1.29, 1.82) is 0 Å². The third kappa shape index (κ3) is 6.91. The summed E-state index contributed by atoms with van der Waals surface area (Å²) >= 11 is 6.27. The first-order chi connectivity index (χ1) is 23.8. The molecule has 11 heteroatoms. The van der Waals surface area contributed by atoms with Crippen molar-refractivity contribution in [2.75, 3.05) is 0 Å². The lowest BCUT2D eigenvalue weighted by molar-refractivity contribution is -0.136. The topological polar surface area (TPSA) is 109 Å². The molecule has 9 nitrogen and oxygen atoms in total. The van der Waals surface area contributed by atoms with Crippen LogP contribution in [0.15, 0.2) is 108 Å². The highest BCUT2D eigenvalue weighted by Gasteiger charge is 2.33. The second-order valence-corrected chi connectivity index (χ2v) is 12.5. The Morgan fingerprint density at radius 1 is 0.837 bits per heavy atom. The number of carbonyl (C=O) groups excluding carboxylic acids is 2. The third-order valence-electron chi connectivity index (χ3n) is 9.01. The number of amides is 2. The molecule has 0 bridgehead atoms. The van der Waals surface area contributed by atoms with Crippen molar-refractivity contribution in [3.63, 3.8) is 0 Å². The van der Waals surface area contributed by atoms with E-state index in [0.29, 0.717) is 12.4 Å². The van der Waals surface area contributed by atoms with E-state index in [2.05, 4.69) is 22.5 Å². The number of hydrogen-bond acceptors (Lipinski definition) is 7. The van der Waals surface area contributed by atoms with Gasteiger partial charge in [0.1, 0.15) is 24.2 Å². The van der Waals surface area contributed by atoms with Gasteiger partial charge in [-0.1, -0.05) is 72.3 Å². The summed E-state index contributed by atoms with van der Waals surface area (Å²) in [6.07, 6.45) is 3.12. The van der Waals surface area contributed by atoms with E-state index in [0.717, 1.165) is 40.0 Å². The van der Waals surface area contributed by atoms with E-state index in [1.54, 1.807) is 12.1 Å². The first-order valence-corrected chi connectivity index (χ1v) is 16.3. The Hall–Kier alpha value is -5.48. The highest BCUT2D eigenvalue weighted by molar-refractivity contribution is 6.31. The van der Waals surface area contributed by atoms with Gasteiger partial charge in [0, 0.05) is 12.3 Å². The highest BCUT2D eigenvalue weighted by Crippen LogP contribution is 2.47. The molecule has 0 saturated carbocycles. The van der Waals surface area contributed by atoms with Crippen molar-refractivity contribution in [2.45, 2.75) is 50.2 Å².